The summed E-state index contributed by atoms with van der Waals surface area (Å²) in [7, 11) is 0. The lowest BCUT2D eigenvalue weighted by molar-refractivity contribution is 0.101. The van der Waals surface area contributed by atoms with E-state index in [1.165, 1.54) is 6.42 Å². The van der Waals surface area contributed by atoms with Gasteiger partial charge in [0.25, 0.3) is 0 Å². The number of Topliss-reactive ketones (excluding diaryl/α,β-unsaturated/α-hetero) is 1. The van der Waals surface area contributed by atoms with Crippen LogP contribution in [0, 0.1) is 12.8 Å². The van der Waals surface area contributed by atoms with Crippen LogP contribution in [0.15, 0.2) is 36.2 Å². The quantitative estimate of drug-likeness (QED) is 0.836. The molecule has 1 aromatic carbocycles. The molecule has 3 heterocycles. The van der Waals surface area contributed by atoms with E-state index in [0.29, 0.717) is 35.0 Å². The molecule has 0 aliphatic carbocycles. The van der Waals surface area contributed by atoms with Crippen LogP contribution < -0.4 is 4.74 Å². The largest absolute Gasteiger partial charge is 0.507 e. The second kappa shape index (κ2) is 7.16. The van der Waals surface area contributed by atoms with Crippen LogP contribution in [0.2, 0.25) is 0 Å². The molecule has 2 aliphatic rings. The van der Waals surface area contributed by atoms with Gasteiger partial charge in [-0.3, -0.25) is 14.7 Å². The summed E-state index contributed by atoms with van der Waals surface area (Å²) in [6.45, 7) is 6.65. The van der Waals surface area contributed by atoms with Gasteiger partial charge in [0, 0.05) is 25.4 Å². The van der Waals surface area contributed by atoms with Crippen LogP contribution in [0.3, 0.4) is 0 Å². The third-order valence-electron chi connectivity index (χ3n) is 5.31. The maximum Gasteiger partial charge on any atom is 0.232 e. The van der Waals surface area contributed by atoms with Crippen LogP contribution in [0.1, 0.15) is 46.9 Å². The molecule has 0 bridgehead atoms. The van der Waals surface area contributed by atoms with Crippen molar-refractivity contribution in [1.82, 2.24) is 9.88 Å². The minimum absolute atomic E-state index is 0.151. The minimum Gasteiger partial charge on any atom is -0.507 e. The Bertz CT molecular complexity index is 906. The first-order chi connectivity index (χ1) is 13.0. The number of likely N-dealkylation sites (tertiary alicyclic amines) is 1. The summed E-state index contributed by atoms with van der Waals surface area (Å²) in [5.74, 6) is 1.43. The summed E-state index contributed by atoms with van der Waals surface area (Å²) in [6.07, 6.45) is 5.73. The molecule has 1 saturated heterocycles. The van der Waals surface area contributed by atoms with Crippen molar-refractivity contribution in [3.63, 3.8) is 0 Å². The van der Waals surface area contributed by atoms with Crippen molar-refractivity contribution >= 4 is 11.9 Å². The Kier molecular flexibility index (Phi) is 4.70. The van der Waals surface area contributed by atoms with Crippen molar-refractivity contribution < 1.29 is 14.6 Å². The Morgan fingerprint density at radius 2 is 2.26 bits per heavy atom. The summed E-state index contributed by atoms with van der Waals surface area (Å²) < 4.78 is 5.97. The smallest absolute Gasteiger partial charge is 0.232 e. The predicted octanol–water partition coefficient (Wildman–Crippen LogP) is 3.94. The number of aromatic nitrogens is 1. The average molecular weight is 364 g/mol. The molecule has 2 aliphatic heterocycles. The van der Waals surface area contributed by atoms with Crippen molar-refractivity contribution in [3.05, 3.63) is 58.6 Å². The third kappa shape index (κ3) is 3.47. The highest BCUT2D eigenvalue weighted by Crippen LogP contribution is 2.42. The fourth-order valence-electron chi connectivity index (χ4n) is 3.98. The molecule has 27 heavy (non-hydrogen) atoms. The van der Waals surface area contributed by atoms with E-state index in [-0.39, 0.29) is 17.3 Å². The van der Waals surface area contributed by atoms with Crippen molar-refractivity contribution in [3.8, 4) is 11.5 Å². The monoisotopic (exact) mass is 364 g/mol. The number of piperidine rings is 1. The first-order valence-corrected chi connectivity index (χ1v) is 9.46. The van der Waals surface area contributed by atoms with Gasteiger partial charge in [-0.05, 0) is 56.0 Å². The lowest BCUT2D eigenvalue weighted by Gasteiger charge is -2.31. The summed E-state index contributed by atoms with van der Waals surface area (Å²) in [5.41, 5.74) is 2.65. The molecule has 0 radical (unpaired) electrons. The molecule has 1 atom stereocenters. The average Bonchev–Trinajstić information content (AvgIpc) is 2.96. The molecule has 4 rings (SSSR count). The van der Waals surface area contributed by atoms with Gasteiger partial charge in [-0.1, -0.05) is 13.0 Å². The Hall–Kier alpha value is -2.66. The Morgan fingerprint density at radius 3 is 3.00 bits per heavy atom. The zero-order chi connectivity index (χ0) is 19.0. The van der Waals surface area contributed by atoms with Crippen molar-refractivity contribution in [1.29, 1.82) is 0 Å². The minimum atomic E-state index is -0.151. The number of ether oxygens (including phenoxy) is 1. The number of carbonyl (C=O) groups is 1. The zero-order valence-corrected chi connectivity index (χ0v) is 15.7. The molecule has 0 spiro atoms. The number of rotatable bonds is 3. The molecule has 1 unspecified atom stereocenters. The number of ketones is 1. The second-order valence-corrected chi connectivity index (χ2v) is 7.57. The van der Waals surface area contributed by atoms with Crippen LogP contribution in [0.4, 0.5) is 0 Å². The van der Waals surface area contributed by atoms with Gasteiger partial charge >= 0.3 is 0 Å². The fraction of sp³-hybridized carbons (Fsp3) is 0.364. The lowest BCUT2D eigenvalue weighted by Crippen LogP contribution is -2.33. The fourth-order valence-corrected chi connectivity index (χ4v) is 3.98. The molecule has 140 valence electrons. The second-order valence-electron chi connectivity index (χ2n) is 7.57. The van der Waals surface area contributed by atoms with E-state index in [2.05, 4.69) is 16.8 Å². The number of phenols is 1. The Morgan fingerprint density at radius 1 is 1.41 bits per heavy atom. The number of hydrogen-bond donors (Lipinski definition) is 1. The van der Waals surface area contributed by atoms with E-state index in [1.807, 2.05) is 25.1 Å². The highest BCUT2D eigenvalue weighted by molar-refractivity contribution is 6.15. The SMILES string of the molecule is Cc1cc(O)c(CN2CCCC(C)C2)c2c1C(=O)/C(=C\c1ccccn1)O2. The topological polar surface area (TPSA) is 62.7 Å². The van der Waals surface area contributed by atoms with E-state index >= 15 is 0 Å². The first-order valence-electron chi connectivity index (χ1n) is 9.46. The number of allylic oxidation sites excluding steroid dienone is 1. The number of pyridine rings is 1. The standard InChI is InChI=1S/C22H24N2O3/c1-14-6-5-9-24(12-14)13-17-18(25)10-15(2)20-21(26)19(27-22(17)20)11-16-7-3-4-8-23-16/h3-4,7-8,10-11,14,25H,5-6,9,12-13H2,1-2H3/b19-11+. The summed E-state index contributed by atoms with van der Waals surface area (Å²) in [5, 5.41) is 10.6. The van der Waals surface area contributed by atoms with E-state index in [0.717, 1.165) is 25.1 Å². The van der Waals surface area contributed by atoms with Crippen LogP contribution in [0.5, 0.6) is 11.5 Å². The first kappa shape index (κ1) is 17.7. The van der Waals surface area contributed by atoms with E-state index < -0.39 is 0 Å². The van der Waals surface area contributed by atoms with Crippen LogP contribution in [-0.2, 0) is 6.54 Å². The maximum absolute atomic E-state index is 12.9. The molecule has 0 saturated carbocycles. The van der Waals surface area contributed by atoms with E-state index in [4.69, 9.17) is 4.74 Å². The molecule has 5 heteroatoms. The summed E-state index contributed by atoms with van der Waals surface area (Å²) in [4.78, 5) is 19.5. The molecule has 2 aromatic rings. The van der Waals surface area contributed by atoms with Crippen molar-refractivity contribution in [2.24, 2.45) is 5.92 Å². The number of aromatic hydroxyl groups is 1. The number of aryl methyl sites for hydroxylation is 1. The number of hydrogen-bond acceptors (Lipinski definition) is 5. The van der Waals surface area contributed by atoms with Gasteiger partial charge in [-0.25, -0.2) is 0 Å². The highest BCUT2D eigenvalue weighted by atomic mass is 16.5. The molecular formula is C22H24N2O3. The number of carbonyl (C=O) groups excluding carboxylic acids is 1. The van der Waals surface area contributed by atoms with Crippen LogP contribution in [-0.4, -0.2) is 33.9 Å². The molecule has 0 amide bonds. The van der Waals surface area contributed by atoms with Crippen molar-refractivity contribution in [2.75, 3.05) is 13.1 Å². The number of fused-ring (bicyclic) bond motifs is 1. The third-order valence-corrected chi connectivity index (χ3v) is 5.31. The molecule has 1 fully saturated rings. The Balaban J connectivity index is 1.69. The van der Waals surface area contributed by atoms with Gasteiger partial charge in [0.1, 0.15) is 11.5 Å². The summed E-state index contributed by atoms with van der Waals surface area (Å²) in [6, 6.07) is 7.19. The van der Waals surface area contributed by atoms with Gasteiger partial charge in [-0.2, -0.15) is 0 Å². The van der Waals surface area contributed by atoms with Gasteiger partial charge < -0.3 is 9.84 Å². The normalized spacial score (nSPS) is 21.3. The molecule has 5 nitrogen and oxygen atoms in total. The number of benzene rings is 1. The van der Waals surface area contributed by atoms with E-state index in [1.54, 1.807) is 18.3 Å². The predicted molar refractivity (Wildman–Crippen MR) is 104 cm³/mol. The zero-order valence-electron chi connectivity index (χ0n) is 15.7. The van der Waals surface area contributed by atoms with Crippen molar-refractivity contribution in [2.45, 2.75) is 33.2 Å². The summed E-state index contributed by atoms with van der Waals surface area (Å²) >= 11 is 0. The van der Waals surface area contributed by atoms with E-state index in [9.17, 15) is 9.90 Å². The number of nitrogens with zero attached hydrogens (tertiary/aromatic N) is 2. The molecule has 1 aromatic heterocycles. The van der Waals surface area contributed by atoms with Gasteiger partial charge in [-0.15, -0.1) is 0 Å². The molecule has 1 N–H and O–H groups in total. The Labute approximate surface area is 159 Å². The lowest BCUT2D eigenvalue weighted by atomic mass is 9.97. The maximum atomic E-state index is 12.9. The van der Waals surface area contributed by atoms with Gasteiger partial charge in [0.15, 0.2) is 5.76 Å². The van der Waals surface area contributed by atoms with Gasteiger partial charge in [0.05, 0.1) is 16.8 Å². The molecular weight excluding hydrogens is 340 g/mol. The van der Waals surface area contributed by atoms with Crippen LogP contribution >= 0.6 is 0 Å². The highest BCUT2D eigenvalue weighted by Gasteiger charge is 2.34. The number of phenolic OH excluding ortho intramolecular Hbond substituents is 1. The van der Waals surface area contributed by atoms with Crippen LogP contribution in [0.25, 0.3) is 6.08 Å². The van der Waals surface area contributed by atoms with Gasteiger partial charge in [0.2, 0.25) is 5.78 Å².